The zero-order chi connectivity index (χ0) is 23.3. The average molecular weight is 429 g/mol. The molecule has 0 aliphatic heterocycles. The Morgan fingerprint density at radius 1 is 1.16 bits per heavy atom. The first kappa shape index (κ1) is 27.2. The molecule has 0 aromatic carbocycles. The van der Waals surface area contributed by atoms with E-state index in [1.165, 1.54) is 42.4 Å². The maximum atomic E-state index is 11.8. The molecule has 0 saturated heterocycles. The van der Waals surface area contributed by atoms with E-state index in [0.717, 1.165) is 31.3 Å². The monoisotopic (exact) mass is 428 g/mol. The smallest absolute Gasteiger partial charge is 0.301 e. The lowest BCUT2D eigenvalue weighted by Crippen LogP contribution is -2.19. The third-order valence-corrected chi connectivity index (χ3v) is 6.33. The van der Waals surface area contributed by atoms with Crippen LogP contribution in [-0.4, -0.2) is 11.2 Å². The first-order valence-electron chi connectivity index (χ1n) is 12.0. The Labute approximate surface area is 190 Å². The Morgan fingerprint density at radius 2 is 1.90 bits per heavy atom. The molecule has 31 heavy (non-hydrogen) atoms. The largest absolute Gasteiger partial charge is 0.345 e. The molecule has 174 valence electrons. The van der Waals surface area contributed by atoms with Gasteiger partial charge < -0.3 is 4.89 Å². The molecule has 1 atom stereocenters. The van der Waals surface area contributed by atoms with Crippen LogP contribution in [0.15, 0.2) is 58.7 Å². The van der Waals surface area contributed by atoms with Gasteiger partial charge in [0.2, 0.25) is 0 Å². The highest BCUT2D eigenvalue weighted by molar-refractivity contribution is 5.71. The first-order chi connectivity index (χ1) is 14.7. The Kier molecular flexibility index (Phi) is 12.5. The van der Waals surface area contributed by atoms with E-state index in [1.807, 2.05) is 6.92 Å². The molecule has 1 aliphatic carbocycles. The van der Waals surface area contributed by atoms with Gasteiger partial charge in [-0.15, -0.1) is 0 Å². The summed E-state index contributed by atoms with van der Waals surface area (Å²) < 4.78 is 0. The molecule has 0 radical (unpaired) electrons. The molecule has 1 rings (SSSR count). The van der Waals surface area contributed by atoms with Gasteiger partial charge in [0.1, 0.15) is 0 Å². The van der Waals surface area contributed by atoms with Crippen LogP contribution in [0.3, 0.4) is 0 Å². The van der Waals surface area contributed by atoms with Gasteiger partial charge in [-0.1, -0.05) is 99.6 Å². The summed E-state index contributed by atoms with van der Waals surface area (Å²) in [6.45, 7) is 13.3. The topological polar surface area (TPSA) is 46.5 Å². The Bertz CT molecular complexity index is 717. The van der Waals surface area contributed by atoms with Gasteiger partial charge in [-0.25, -0.2) is 4.79 Å². The molecule has 3 heteroatoms. The molecule has 1 unspecified atom stereocenters. The van der Waals surface area contributed by atoms with Crippen molar-refractivity contribution in [1.29, 1.82) is 0 Å². The lowest BCUT2D eigenvalue weighted by molar-refractivity contribution is -0.239. The van der Waals surface area contributed by atoms with Crippen molar-refractivity contribution >= 4 is 5.97 Å². The van der Waals surface area contributed by atoms with Crippen LogP contribution >= 0.6 is 0 Å². The predicted molar refractivity (Wildman–Crippen MR) is 132 cm³/mol. The molecule has 1 aliphatic rings. The Morgan fingerprint density at radius 3 is 2.55 bits per heavy atom. The van der Waals surface area contributed by atoms with Crippen molar-refractivity contribution in [2.45, 2.75) is 99.3 Å². The Balaban J connectivity index is 2.66. The van der Waals surface area contributed by atoms with Crippen LogP contribution in [-0.2, 0) is 9.68 Å². The van der Waals surface area contributed by atoms with Crippen molar-refractivity contribution in [2.24, 2.45) is 11.3 Å². The molecule has 0 bridgehead atoms. The van der Waals surface area contributed by atoms with Crippen molar-refractivity contribution in [3.63, 3.8) is 0 Å². The fraction of sp³-hybridized carbons (Fsp3) is 0.607. The van der Waals surface area contributed by atoms with Crippen LogP contribution < -0.4 is 0 Å². The summed E-state index contributed by atoms with van der Waals surface area (Å²) in [6, 6.07) is 0. The molecule has 3 nitrogen and oxygen atoms in total. The van der Waals surface area contributed by atoms with E-state index in [9.17, 15) is 4.79 Å². The summed E-state index contributed by atoms with van der Waals surface area (Å²) in [5.41, 5.74) is 5.57. The van der Waals surface area contributed by atoms with Gasteiger partial charge in [-0.3, -0.25) is 0 Å². The second-order valence-electron chi connectivity index (χ2n) is 9.68. The van der Waals surface area contributed by atoms with Crippen molar-refractivity contribution in [3.8, 4) is 0 Å². The van der Waals surface area contributed by atoms with E-state index in [4.69, 9.17) is 5.26 Å². The normalized spacial score (nSPS) is 18.8. The number of rotatable bonds is 12. The highest BCUT2D eigenvalue weighted by Crippen LogP contribution is 2.40. The van der Waals surface area contributed by atoms with Gasteiger partial charge in [0.15, 0.2) is 0 Å². The SMILES string of the molecule is CCCCCCC(CC=C(C)C=CC=C(C)C=CC1=C(C)CCCC1(C)C)C(=O)OO. The first-order valence-corrected chi connectivity index (χ1v) is 12.0. The van der Waals surface area contributed by atoms with Crippen LogP contribution in [0.2, 0.25) is 0 Å². The third kappa shape index (κ3) is 10.3. The van der Waals surface area contributed by atoms with Crippen LogP contribution in [0.4, 0.5) is 0 Å². The molecule has 0 heterocycles. The van der Waals surface area contributed by atoms with Gasteiger partial charge in [0.05, 0.1) is 5.92 Å². The summed E-state index contributed by atoms with van der Waals surface area (Å²) in [4.78, 5) is 15.8. The number of hydrogen-bond donors (Lipinski definition) is 1. The van der Waals surface area contributed by atoms with Crippen molar-refractivity contribution in [2.75, 3.05) is 0 Å². The average Bonchev–Trinajstić information content (AvgIpc) is 2.71. The second kappa shape index (κ2) is 14.2. The molecule has 0 aromatic heterocycles. The predicted octanol–water partition coefficient (Wildman–Crippen LogP) is 8.51. The lowest BCUT2D eigenvalue weighted by Gasteiger charge is -2.32. The number of carbonyl (C=O) groups is 1. The van der Waals surface area contributed by atoms with Crippen molar-refractivity contribution < 1.29 is 14.9 Å². The number of carbonyl (C=O) groups excluding carboxylic acids is 1. The number of allylic oxidation sites excluding steroid dienone is 10. The summed E-state index contributed by atoms with van der Waals surface area (Å²) in [5, 5.41) is 8.77. The van der Waals surface area contributed by atoms with Gasteiger partial charge >= 0.3 is 5.97 Å². The summed E-state index contributed by atoms with van der Waals surface area (Å²) in [5.74, 6) is -0.804. The zero-order valence-electron chi connectivity index (χ0n) is 20.7. The minimum absolute atomic E-state index is 0.261. The van der Waals surface area contributed by atoms with E-state index in [1.54, 1.807) is 0 Å². The van der Waals surface area contributed by atoms with Crippen LogP contribution in [0, 0.1) is 11.3 Å². The standard InChI is InChI=1S/C28H44O3/c1-7-8-9-10-16-25(27(29)31-30)19-17-22(2)13-11-14-23(3)18-20-26-24(4)15-12-21-28(26,5)6/h11,13-14,17-18,20,25,30H,7-10,12,15-16,19,21H2,1-6H3. The van der Waals surface area contributed by atoms with Gasteiger partial charge in [-0.05, 0) is 63.9 Å². The molecular formula is C28H44O3. The number of unbranched alkanes of at least 4 members (excludes halogenated alkanes) is 3. The van der Waals surface area contributed by atoms with E-state index >= 15 is 0 Å². The fourth-order valence-electron chi connectivity index (χ4n) is 4.25. The highest BCUT2D eigenvalue weighted by atomic mass is 17.1. The molecule has 0 aromatic rings. The van der Waals surface area contributed by atoms with E-state index in [-0.39, 0.29) is 11.3 Å². The maximum absolute atomic E-state index is 11.8. The van der Waals surface area contributed by atoms with Crippen LogP contribution in [0.1, 0.15) is 99.3 Å². The van der Waals surface area contributed by atoms with Crippen molar-refractivity contribution in [3.05, 3.63) is 58.7 Å². The van der Waals surface area contributed by atoms with Gasteiger partial charge in [-0.2, -0.15) is 5.26 Å². The quantitative estimate of drug-likeness (QED) is 0.147. The third-order valence-electron chi connectivity index (χ3n) is 6.33. The summed E-state index contributed by atoms with van der Waals surface area (Å²) in [7, 11) is 0. The zero-order valence-corrected chi connectivity index (χ0v) is 20.7. The van der Waals surface area contributed by atoms with E-state index in [2.05, 4.69) is 76.0 Å². The second-order valence-corrected chi connectivity index (χ2v) is 9.68. The maximum Gasteiger partial charge on any atom is 0.345 e. The highest BCUT2D eigenvalue weighted by Gasteiger charge is 2.26. The summed E-state index contributed by atoms with van der Waals surface area (Å²) >= 11 is 0. The van der Waals surface area contributed by atoms with Gasteiger partial charge in [0.25, 0.3) is 0 Å². The molecule has 0 fully saturated rings. The van der Waals surface area contributed by atoms with Gasteiger partial charge in [0, 0.05) is 0 Å². The van der Waals surface area contributed by atoms with Crippen LogP contribution in [0.25, 0.3) is 0 Å². The molecular weight excluding hydrogens is 384 g/mol. The Hall–Kier alpha value is -1.87. The number of hydrogen-bond acceptors (Lipinski definition) is 3. The molecule has 0 saturated carbocycles. The van der Waals surface area contributed by atoms with E-state index in [0.29, 0.717) is 6.42 Å². The summed E-state index contributed by atoms with van der Waals surface area (Å²) in [6.07, 6.45) is 22.3. The lowest BCUT2D eigenvalue weighted by atomic mass is 9.72. The molecule has 0 amide bonds. The van der Waals surface area contributed by atoms with Crippen LogP contribution in [0.5, 0.6) is 0 Å². The van der Waals surface area contributed by atoms with E-state index < -0.39 is 5.97 Å². The van der Waals surface area contributed by atoms with Crippen molar-refractivity contribution in [1.82, 2.24) is 0 Å². The minimum Gasteiger partial charge on any atom is -0.301 e. The molecule has 0 spiro atoms. The fourth-order valence-corrected chi connectivity index (χ4v) is 4.25. The minimum atomic E-state index is -0.527. The molecule has 1 N–H and O–H groups in total.